The van der Waals surface area contributed by atoms with Crippen LogP contribution in [0, 0.1) is 6.92 Å². The van der Waals surface area contributed by atoms with E-state index in [1.807, 2.05) is 31.2 Å². The lowest BCUT2D eigenvalue weighted by atomic mass is 9.84. The zero-order valence-electron chi connectivity index (χ0n) is 10.3. The number of benzene rings is 1. The topological polar surface area (TPSA) is 0 Å². The molecule has 0 bridgehead atoms. The molecule has 0 unspecified atom stereocenters. The zero-order chi connectivity index (χ0) is 11.0. The summed E-state index contributed by atoms with van der Waals surface area (Å²) in [5.74, 6) is 0. The highest BCUT2D eigenvalue weighted by atomic mass is 14.2. The number of aryl methyl sites for hydroxylation is 1. The Bertz CT molecular complexity index is 324. The van der Waals surface area contributed by atoms with Gasteiger partial charge < -0.3 is 0 Å². The van der Waals surface area contributed by atoms with Gasteiger partial charge in [0.05, 0.1) is 0 Å². The van der Waals surface area contributed by atoms with Crippen LogP contribution in [0.2, 0.25) is 0 Å². The summed E-state index contributed by atoms with van der Waals surface area (Å²) in [5, 5.41) is 0. The highest BCUT2D eigenvalue weighted by Gasteiger charge is 2.14. The molecule has 0 radical (unpaired) electrons. The van der Waals surface area contributed by atoms with E-state index in [2.05, 4.69) is 0 Å². The van der Waals surface area contributed by atoms with Crippen LogP contribution >= 0.6 is 0 Å². The molecule has 60 valence electrons. The summed E-state index contributed by atoms with van der Waals surface area (Å²) in [7, 11) is 0. The first-order valence-corrected chi connectivity index (χ1v) is 3.83. The molecule has 0 heterocycles. The van der Waals surface area contributed by atoms with Gasteiger partial charge >= 0.3 is 0 Å². The Morgan fingerprint density at radius 3 is 2.45 bits per heavy atom. The molecule has 0 aliphatic carbocycles. The average molecular weight is 151 g/mol. The zero-order valence-corrected chi connectivity index (χ0v) is 7.31. The maximum absolute atomic E-state index is 7.50. The fourth-order valence-electron chi connectivity index (χ4n) is 1.27. The lowest BCUT2D eigenvalue weighted by molar-refractivity contribution is 0.586. The van der Waals surface area contributed by atoms with Crippen molar-refractivity contribution in [3.05, 3.63) is 35.4 Å². The van der Waals surface area contributed by atoms with Crippen LogP contribution in [0.25, 0.3) is 0 Å². The second-order valence-corrected chi connectivity index (χ2v) is 3.44. The third-order valence-corrected chi connectivity index (χ3v) is 1.82. The molecule has 0 saturated heterocycles. The van der Waals surface area contributed by atoms with Gasteiger partial charge in [-0.25, -0.2) is 0 Å². The number of hydrogen-bond acceptors (Lipinski definition) is 0. The van der Waals surface area contributed by atoms with Crippen LogP contribution in [-0.4, -0.2) is 0 Å². The molecule has 0 amide bonds. The van der Waals surface area contributed by atoms with E-state index >= 15 is 0 Å². The first-order valence-electron chi connectivity index (χ1n) is 5.33. The van der Waals surface area contributed by atoms with E-state index < -0.39 is 12.3 Å². The maximum Gasteiger partial charge on any atom is 0.0239 e. The smallest absolute Gasteiger partial charge is 0.0239 e. The molecular weight excluding hydrogens is 132 g/mol. The van der Waals surface area contributed by atoms with Crippen LogP contribution in [0.15, 0.2) is 24.3 Å². The molecule has 11 heavy (non-hydrogen) atoms. The Hall–Kier alpha value is -0.780. The third-order valence-electron chi connectivity index (χ3n) is 1.82. The van der Waals surface area contributed by atoms with Crippen molar-refractivity contribution in [1.29, 1.82) is 0 Å². The monoisotopic (exact) mass is 151 g/mol. The van der Waals surface area contributed by atoms with Gasteiger partial charge in [0.1, 0.15) is 0 Å². The third kappa shape index (κ3) is 1.83. The van der Waals surface area contributed by atoms with Gasteiger partial charge in [0.15, 0.2) is 0 Å². The van der Waals surface area contributed by atoms with E-state index in [0.29, 0.717) is 0 Å². The molecule has 0 N–H and O–H groups in total. The minimum absolute atomic E-state index is 0.779. The molecule has 1 rings (SSSR count). The van der Waals surface area contributed by atoms with Crippen molar-refractivity contribution in [2.45, 2.75) is 33.0 Å². The quantitative estimate of drug-likeness (QED) is 0.533. The second kappa shape index (κ2) is 2.69. The molecule has 0 aliphatic heterocycles. The fraction of sp³-hybridized carbons (Fsp3) is 0.455. The molecule has 0 aromatic heterocycles. The first-order chi connectivity index (χ1) is 6.27. The van der Waals surface area contributed by atoms with E-state index in [1.54, 1.807) is 13.8 Å². The van der Waals surface area contributed by atoms with Crippen molar-refractivity contribution in [3.8, 4) is 0 Å². The molecule has 0 spiro atoms. The van der Waals surface area contributed by atoms with Crippen LogP contribution in [0.4, 0.5) is 0 Å². The Morgan fingerprint density at radius 2 is 1.91 bits per heavy atom. The van der Waals surface area contributed by atoms with Gasteiger partial charge in [0.25, 0.3) is 0 Å². The van der Waals surface area contributed by atoms with Crippen LogP contribution in [0.5, 0.6) is 0 Å². The van der Waals surface area contributed by atoms with Crippen molar-refractivity contribution in [3.63, 3.8) is 0 Å². The fourth-order valence-corrected chi connectivity index (χ4v) is 1.27. The number of hydrogen-bond donors (Lipinski definition) is 0. The van der Waals surface area contributed by atoms with Crippen molar-refractivity contribution in [2.75, 3.05) is 0 Å². The van der Waals surface area contributed by atoms with Gasteiger partial charge in [-0.15, -0.1) is 0 Å². The standard InChI is InChI=1S/C11H16/c1-9-7-5-6-8-10(9)11(2,3)4/h5-8H,1-4H3/i2D3. The average Bonchev–Trinajstić information content (AvgIpc) is 2.02. The molecule has 0 heteroatoms. The van der Waals surface area contributed by atoms with E-state index in [0.717, 1.165) is 11.1 Å². The predicted octanol–water partition coefficient (Wildman–Crippen LogP) is 3.29. The van der Waals surface area contributed by atoms with Crippen LogP contribution in [0.1, 0.15) is 35.9 Å². The summed E-state index contributed by atoms with van der Waals surface area (Å²) < 4.78 is 22.5. The molecule has 0 nitrogen and oxygen atoms in total. The predicted molar refractivity (Wildman–Crippen MR) is 49.9 cm³/mol. The summed E-state index contributed by atoms with van der Waals surface area (Å²) in [6.07, 6.45) is 0. The SMILES string of the molecule is [2H]C([2H])([2H])C(C)(C)c1ccccc1C. The molecule has 1 aromatic carbocycles. The summed E-state index contributed by atoms with van der Waals surface area (Å²) >= 11 is 0. The Kier molecular flexibility index (Phi) is 1.22. The van der Waals surface area contributed by atoms with Crippen LogP contribution in [0.3, 0.4) is 0 Å². The van der Waals surface area contributed by atoms with Gasteiger partial charge in [-0.1, -0.05) is 45.0 Å². The normalized spacial score (nSPS) is 16.8. The van der Waals surface area contributed by atoms with Crippen LogP contribution in [-0.2, 0) is 5.41 Å². The molecule has 0 fully saturated rings. The lowest BCUT2D eigenvalue weighted by Gasteiger charge is -2.21. The summed E-state index contributed by atoms with van der Waals surface area (Å²) in [6, 6.07) is 7.65. The van der Waals surface area contributed by atoms with Gasteiger partial charge in [0.2, 0.25) is 0 Å². The largest absolute Gasteiger partial charge is 0.0620 e. The van der Waals surface area contributed by atoms with E-state index in [9.17, 15) is 0 Å². The van der Waals surface area contributed by atoms with Gasteiger partial charge in [0, 0.05) is 4.11 Å². The van der Waals surface area contributed by atoms with E-state index in [1.165, 1.54) is 0 Å². The maximum atomic E-state index is 7.50. The molecule has 0 atom stereocenters. The molecule has 0 saturated carbocycles. The summed E-state index contributed by atoms with van der Waals surface area (Å²) in [5.41, 5.74) is 1.16. The Labute approximate surface area is 73.5 Å². The Balaban J connectivity index is 3.23. The minimum atomic E-state index is -1.96. The van der Waals surface area contributed by atoms with Gasteiger partial charge in [-0.3, -0.25) is 0 Å². The van der Waals surface area contributed by atoms with Crippen LogP contribution < -0.4 is 0 Å². The highest BCUT2D eigenvalue weighted by molar-refractivity contribution is 5.31. The van der Waals surface area contributed by atoms with Crippen molar-refractivity contribution in [1.82, 2.24) is 0 Å². The van der Waals surface area contributed by atoms with Gasteiger partial charge in [-0.2, -0.15) is 0 Å². The number of rotatable bonds is 0. The second-order valence-electron chi connectivity index (χ2n) is 3.44. The summed E-state index contributed by atoms with van der Waals surface area (Å²) in [4.78, 5) is 0. The van der Waals surface area contributed by atoms with E-state index in [-0.39, 0.29) is 0 Å². The van der Waals surface area contributed by atoms with E-state index in [4.69, 9.17) is 4.11 Å². The molecule has 0 aliphatic rings. The van der Waals surface area contributed by atoms with Gasteiger partial charge in [-0.05, 0) is 23.5 Å². The molecular formula is C11H16. The van der Waals surface area contributed by atoms with Crippen molar-refractivity contribution < 1.29 is 4.11 Å². The van der Waals surface area contributed by atoms with Crippen molar-refractivity contribution in [2.24, 2.45) is 0 Å². The van der Waals surface area contributed by atoms with Crippen molar-refractivity contribution >= 4 is 0 Å². The highest BCUT2D eigenvalue weighted by Crippen LogP contribution is 2.24. The first kappa shape index (κ1) is 4.97. The molecule has 1 aromatic rings. The summed E-state index contributed by atoms with van der Waals surface area (Å²) in [6.45, 7) is 3.52. The lowest BCUT2D eigenvalue weighted by Crippen LogP contribution is -2.12. The minimum Gasteiger partial charge on any atom is -0.0620 e. The Morgan fingerprint density at radius 1 is 1.27 bits per heavy atom.